The van der Waals surface area contributed by atoms with Crippen molar-refractivity contribution in [3.05, 3.63) is 51.2 Å². The topological polar surface area (TPSA) is 9.23 Å². The lowest BCUT2D eigenvalue weighted by molar-refractivity contribution is 0.414. The first-order chi connectivity index (χ1) is 8.60. The Hall–Kier alpha value is -0.800. The Kier molecular flexibility index (Phi) is 4.46. The zero-order valence-electron chi connectivity index (χ0n) is 10.9. The van der Waals surface area contributed by atoms with Crippen LogP contribution in [-0.2, 0) is 6.42 Å². The minimum atomic E-state index is 0.378. The van der Waals surface area contributed by atoms with Gasteiger partial charge in [0.2, 0.25) is 0 Å². The summed E-state index contributed by atoms with van der Waals surface area (Å²) < 4.78 is 5.26. The Bertz CT molecular complexity index is 533. The number of alkyl halides is 1. The molecule has 0 amide bonds. The number of rotatable bonds is 4. The zero-order chi connectivity index (χ0) is 13.1. The number of benzene rings is 1. The Balaban J connectivity index is 2.15. The minimum Gasteiger partial charge on any atom is -0.497 e. The Morgan fingerprint density at radius 1 is 1.28 bits per heavy atom. The van der Waals surface area contributed by atoms with Crippen molar-refractivity contribution in [1.82, 2.24) is 0 Å². The standard InChI is InChI=1S/C15H17BrOS/c1-10-7-11(2)18-15(10)14(16)9-12-5-4-6-13(8-12)17-3/h4-8,14H,9H2,1-3H3. The van der Waals surface area contributed by atoms with E-state index in [2.05, 4.69) is 48.0 Å². The highest BCUT2D eigenvalue weighted by atomic mass is 79.9. The van der Waals surface area contributed by atoms with Gasteiger partial charge in [0.25, 0.3) is 0 Å². The first-order valence-corrected chi connectivity index (χ1v) is 7.67. The van der Waals surface area contributed by atoms with Crippen molar-refractivity contribution in [2.75, 3.05) is 7.11 Å². The summed E-state index contributed by atoms with van der Waals surface area (Å²) in [7, 11) is 1.71. The van der Waals surface area contributed by atoms with Gasteiger partial charge in [-0.15, -0.1) is 11.3 Å². The molecule has 0 saturated carbocycles. The summed E-state index contributed by atoms with van der Waals surface area (Å²) in [5, 5.41) is 0. The van der Waals surface area contributed by atoms with Gasteiger partial charge in [-0.2, -0.15) is 0 Å². The molecule has 1 nitrogen and oxygen atoms in total. The molecule has 2 aromatic rings. The van der Waals surface area contributed by atoms with Crippen LogP contribution in [0.5, 0.6) is 5.75 Å². The molecule has 96 valence electrons. The lowest BCUT2D eigenvalue weighted by Gasteiger charge is -2.10. The van der Waals surface area contributed by atoms with Crippen LogP contribution < -0.4 is 4.74 Å². The van der Waals surface area contributed by atoms with Gasteiger partial charge in [-0.1, -0.05) is 28.1 Å². The molecule has 1 unspecified atom stereocenters. The van der Waals surface area contributed by atoms with Crippen LogP contribution >= 0.6 is 27.3 Å². The van der Waals surface area contributed by atoms with E-state index in [4.69, 9.17) is 4.74 Å². The Labute approximate surface area is 121 Å². The maximum atomic E-state index is 5.26. The van der Waals surface area contributed by atoms with Crippen molar-refractivity contribution in [3.63, 3.8) is 0 Å². The summed E-state index contributed by atoms with van der Waals surface area (Å²) in [6, 6.07) is 10.5. The molecule has 0 aliphatic rings. The number of hydrogen-bond acceptors (Lipinski definition) is 2. The van der Waals surface area contributed by atoms with Crippen LogP contribution in [0.1, 0.15) is 25.7 Å². The summed E-state index contributed by atoms with van der Waals surface area (Å²) in [6.07, 6.45) is 0.984. The highest BCUT2D eigenvalue weighted by Gasteiger charge is 2.14. The van der Waals surface area contributed by atoms with Crippen LogP contribution in [0.4, 0.5) is 0 Å². The molecule has 0 N–H and O–H groups in total. The van der Waals surface area contributed by atoms with Gasteiger partial charge in [-0.3, -0.25) is 0 Å². The van der Waals surface area contributed by atoms with E-state index in [9.17, 15) is 0 Å². The number of aryl methyl sites for hydroxylation is 2. The molecule has 1 aromatic carbocycles. The van der Waals surface area contributed by atoms with Gasteiger partial charge in [-0.05, 0) is 49.6 Å². The number of ether oxygens (including phenoxy) is 1. The molecule has 0 aliphatic heterocycles. The first-order valence-electron chi connectivity index (χ1n) is 5.94. The highest BCUT2D eigenvalue weighted by Crippen LogP contribution is 2.35. The van der Waals surface area contributed by atoms with Crippen molar-refractivity contribution in [2.24, 2.45) is 0 Å². The molecule has 0 bridgehead atoms. The molecule has 0 aliphatic carbocycles. The SMILES string of the molecule is COc1cccc(CC(Br)c2sc(C)cc2C)c1. The largest absolute Gasteiger partial charge is 0.497 e. The van der Waals surface area contributed by atoms with Crippen LogP contribution in [0.2, 0.25) is 0 Å². The lowest BCUT2D eigenvalue weighted by atomic mass is 10.1. The first kappa shape index (κ1) is 13.6. The maximum absolute atomic E-state index is 5.26. The molecule has 0 spiro atoms. The van der Waals surface area contributed by atoms with E-state index < -0.39 is 0 Å². The number of hydrogen-bond donors (Lipinski definition) is 0. The average molecular weight is 325 g/mol. The fourth-order valence-corrected chi connectivity index (χ4v) is 4.10. The molecule has 0 fully saturated rings. The molecule has 1 aromatic heterocycles. The van der Waals surface area contributed by atoms with Gasteiger partial charge >= 0.3 is 0 Å². The van der Waals surface area contributed by atoms with Gasteiger partial charge in [0, 0.05) is 9.75 Å². The lowest BCUT2D eigenvalue weighted by Crippen LogP contribution is -1.95. The van der Waals surface area contributed by atoms with Gasteiger partial charge in [0.05, 0.1) is 11.9 Å². The van der Waals surface area contributed by atoms with E-state index in [1.165, 1.54) is 20.9 Å². The second kappa shape index (κ2) is 5.89. The van der Waals surface area contributed by atoms with E-state index in [1.54, 1.807) is 7.11 Å². The third-order valence-corrected chi connectivity index (χ3v) is 5.26. The van der Waals surface area contributed by atoms with Crippen molar-refractivity contribution >= 4 is 27.3 Å². The Morgan fingerprint density at radius 3 is 2.67 bits per heavy atom. The summed E-state index contributed by atoms with van der Waals surface area (Å²) >= 11 is 5.68. The number of thiophene rings is 1. The molecule has 1 atom stereocenters. The van der Waals surface area contributed by atoms with E-state index in [0.717, 1.165) is 12.2 Å². The van der Waals surface area contributed by atoms with Crippen LogP contribution in [-0.4, -0.2) is 7.11 Å². The highest BCUT2D eigenvalue weighted by molar-refractivity contribution is 9.09. The fraction of sp³-hybridized carbons (Fsp3) is 0.333. The van der Waals surface area contributed by atoms with E-state index >= 15 is 0 Å². The van der Waals surface area contributed by atoms with Crippen molar-refractivity contribution in [1.29, 1.82) is 0 Å². The zero-order valence-corrected chi connectivity index (χ0v) is 13.3. The third kappa shape index (κ3) is 3.15. The predicted octanol–water partition coefficient (Wildman–Crippen LogP) is 5.05. The summed E-state index contributed by atoms with van der Waals surface area (Å²) in [5.74, 6) is 0.922. The molecule has 0 saturated heterocycles. The second-order valence-electron chi connectivity index (χ2n) is 4.43. The maximum Gasteiger partial charge on any atom is 0.119 e. The molecule has 2 rings (SSSR count). The molecule has 0 radical (unpaired) electrons. The quantitative estimate of drug-likeness (QED) is 0.715. The Morgan fingerprint density at radius 2 is 2.06 bits per heavy atom. The number of methoxy groups -OCH3 is 1. The summed E-state index contributed by atoms with van der Waals surface area (Å²) in [4.78, 5) is 3.18. The predicted molar refractivity (Wildman–Crippen MR) is 82.2 cm³/mol. The monoisotopic (exact) mass is 324 g/mol. The van der Waals surface area contributed by atoms with Crippen molar-refractivity contribution in [3.8, 4) is 5.75 Å². The average Bonchev–Trinajstić information content (AvgIpc) is 2.69. The summed E-state index contributed by atoms with van der Waals surface area (Å²) in [6.45, 7) is 4.34. The van der Waals surface area contributed by atoms with Crippen LogP contribution in [0.25, 0.3) is 0 Å². The van der Waals surface area contributed by atoms with Crippen LogP contribution in [0.15, 0.2) is 30.3 Å². The van der Waals surface area contributed by atoms with Crippen LogP contribution in [0, 0.1) is 13.8 Å². The molecular formula is C15H17BrOS. The molecule has 18 heavy (non-hydrogen) atoms. The third-order valence-electron chi connectivity index (χ3n) is 2.91. The second-order valence-corrected chi connectivity index (χ2v) is 6.82. The van der Waals surface area contributed by atoms with Gasteiger partial charge < -0.3 is 4.74 Å². The van der Waals surface area contributed by atoms with Crippen molar-refractivity contribution in [2.45, 2.75) is 25.1 Å². The van der Waals surface area contributed by atoms with E-state index in [0.29, 0.717) is 4.83 Å². The molecule has 1 heterocycles. The molecular weight excluding hydrogens is 308 g/mol. The normalized spacial score (nSPS) is 12.4. The van der Waals surface area contributed by atoms with Gasteiger partial charge in [-0.25, -0.2) is 0 Å². The van der Waals surface area contributed by atoms with Crippen molar-refractivity contribution < 1.29 is 4.74 Å². The van der Waals surface area contributed by atoms with E-state index in [-0.39, 0.29) is 0 Å². The molecule has 3 heteroatoms. The van der Waals surface area contributed by atoms with Crippen LogP contribution in [0.3, 0.4) is 0 Å². The van der Waals surface area contributed by atoms with E-state index in [1.807, 2.05) is 23.5 Å². The smallest absolute Gasteiger partial charge is 0.119 e. The van der Waals surface area contributed by atoms with Gasteiger partial charge in [0.15, 0.2) is 0 Å². The summed E-state index contributed by atoms with van der Waals surface area (Å²) in [5.41, 5.74) is 2.67. The number of halogens is 1. The fourth-order valence-electron chi connectivity index (χ4n) is 2.07. The van der Waals surface area contributed by atoms with Gasteiger partial charge in [0.1, 0.15) is 5.75 Å². The minimum absolute atomic E-state index is 0.378.